The van der Waals surface area contributed by atoms with Crippen molar-refractivity contribution in [1.29, 1.82) is 0 Å². The molecule has 0 radical (unpaired) electrons. The summed E-state index contributed by atoms with van der Waals surface area (Å²) in [4.78, 5) is 46.3. The number of hydrogen-bond acceptors (Lipinski definition) is 14. The van der Waals surface area contributed by atoms with Gasteiger partial charge in [0.1, 0.15) is 30.0 Å². The smallest absolute Gasteiger partial charge is 0.249 e. The highest BCUT2D eigenvalue weighted by molar-refractivity contribution is 6.02. The molecule has 7 heterocycles. The van der Waals surface area contributed by atoms with Crippen LogP contribution in [0.3, 0.4) is 0 Å². The zero-order valence-corrected chi connectivity index (χ0v) is 32.7. The van der Waals surface area contributed by atoms with Crippen molar-refractivity contribution in [1.82, 2.24) is 30.4 Å². The molecule has 2 bridgehead atoms. The topological polar surface area (TPSA) is 169 Å². The van der Waals surface area contributed by atoms with Crippen molar-refractivity contribution in [2.75, 3.05) is 77.8 Å². The molecule has 302 valence electrons. The van der Waals surface area contributed by atoms with Crippen LogP contribution >= 0.6 is 0 Å². The maximum absolute atomic E-state index is 12.6. The van der Waals surface area contributed by atoms with Crippen LogP contribution in [0.15, 0.2) is 60.8 Å². The number of benzene rings is 2. The van der Waals surface area contributed by atoms with Crippen molar-refractivity contribution in [2.45, 2.75) is 81.5 Å². The van der Waals surface area contributed by atoms with Crippen molar-refractivity contribution in [3.63, 3.8) is 0 Å². The molecular formula is C43H51N11O4. The molecule has 2 aromatic carbocycles. The van der Waals surface area contributed by atoms with Crippen molar-refractivity contribution in [2.24, 2.45) is 0 Å². The SMILES string of the molecule is Nc1nnc(-c2ccccc2O)cc1N1C[C@H]2CC[C@@H](C1)N2c1nccc(N2CCN([C@H]3CC[C@H](c4ccc5c(c4)OCCN5[C@@H]4CCC(=O)NC4=O)CC3)CC2)n1. The Morgan fingerprint density at radius 2 is 1.57 bits per heavy atom. The lowest BCUT2D eigenvalue weighted by Gasteiger charge is -2.43. The first-order chi connectivity index (χ1) is 28.4. The van der Waals surface area contributed by atoms with Gasteiger partial charge in [-0.05, 0) is 92.8 Å². The fourth-order valence-electron chi connectivity index (χ4n) is 10.4. The molecule has 4 saturated heterocycles. The number of piperidine rings is 1. The lowest BCUT2D eigenvalue weighted by molar-refractivity contribution is -0.134. The van der Waals surface area contributed by atoms with Gasteiger partial charge in [-0.2, -0.15) is 4.98 Å². The number of carbonyl (C=O) groups excluding carboxylic acids is 2. The fraction of sp³-hybridized carbons (Fsp3) is 0.488. The number of piperazine rings is 2. The first-order valence-electron chi connectivity index (χ1n) is 21.0. The van der Waals surface area contributed by atoms with Gasteiger partial charge in [-0.3, -0.25) is 19.8 Å². The highest BCUT2D eigenvalue weighted by atomic mass is 16.5. The van der Waals surface area contributed by atoms with Gasteiger partial charge >= 0.3 is 0 Å². The Morgan fingerprint density at radius 3 is 2.34 bits per heavy atom. The lowest BCUT2D eigenvalue weighted by atomic mass is 9.81. The molecule has 15 nitrogen and oxygen atoms in total. The second-order valence-electron chi connectivity index (χ2n) is 16.7. The molecule has 2 aromatic heterocycles. The van der Waals surface area contributed by atoms with E-state index in [1.807, 2.05) is 24.4 Å². The molecule has 1 aliphatic carbocycles. The number of phenols is 1. The third-order valence-electron chi connectivity index (χ3n) is 13.5. The first kappa shape index (κ1) is 36.6. The minimum Gasteiger partial charge on any atom is -0.507 e. The number of imide groups is 1. The first-order valence-corrected chi connectivity index (χ1v) is 21.0. The Kier molecular flexibility index (Phi) is 9.62. The molecule has 58 heavy (non-hydrogen) atoms. The standard InChI is InChI=1S/C43H51N11O4/c44-41-36(24-33(48-49-41)32-3-1-2-4-37(32)55)52-25-30-10-11-31(26-52)54(30)43-45-16-15-39(46-43)51-19-17-50(18-20-51)29-8-5-27(6-9-29)28-7-12-34-38(23-28)58-22-21-53(34)35-13-14-40(56)47-42(35)57/h1-4,7,12,15-16,23-24,27,29-31,35,55H,5-6,8-11,13-14,17-22,25-26H2,(H2,44,49)(H,47,56,57)/t27-,29-,30-,31+,35-/m1/s1. The Hall–Kier alpha value is -5.70. The Morgan fingerprint density at radius 1 is 0.793 bits per heavy atom. The van der Waals surface area contributed by atoms with E-state index < -0.39 is 0 Å². The van der Waals surface area contributed by atoms with Crippen LogP contribution in [-0.2, 0) is 9.59 Å². The highest BCUT2D eigenvalue weighted by Gasteiger charge is 2.42. The second kappa shape index (κ2) is 15.2. The molecule has 1 saturated carbocycles. The molecular weight excluding hydrogens is 735 g/mol. The van der Waals surface area contributed by atoms with E-state index in [-0.39, 0.29) is 35.7 Å². The van der Waals surface area contributed by atoms with Crippen LogP contribution in [0.25, 0.3) is 11.3 Å². The quantitative estimate of drug-likeness (QED) is 0.231. The van der Waals surface area contributed by atoms with Gasteiger partial charge in [0.15, 0.2) is 5.82 Å². The number of aromatic nitrogens is 4. The zero-order valence-electron chi connectivity index (χ0n) is 32.7. The minimum absolute atomic E-state index is 0.167. The monoisotopic (exact) mass is 785 g/mol. The van der Waals surface area contributed by atoms with Gasteiger partial charge in [0.2, 0.25) is 17.8 Å². The third-order valence-corrected chi connectivity index (χ3v) is 13.5. The summed E-state index contributed by atoms with van der Waals surface area (Å²) in [5, 5.41) is 21.5. The van der Waals surface area contributed by atoms with Gasteiger partial charge in [-0.1, -0.05) is 18.2 Å². The van der Waals surface area contributed by atoms with Gasteiger partial charge in [0.25, 0.3) is 0 Å². The number of carbonyl (C=O) groups is 2. The normalized spacial score (nSPS) is 26.3. The number of amides is 2. The summed E-state index contributed by atoms with van der Waals surface area (Å²) in [5.41, 5.74) is 10.7. The molecule has 5 aliphatic heterocycles. The third kappa shape index (κ3) is 6.88. The maximum atomic E-state index is 12.6. The van der Waals surface area contributed by atoms with E-state index in [9.17, 15) is 14.7 Å². The van der Waals surface area contributed by atoms with E-state index in [4.69, 9.17) is 20.4 Å². The van der Waals surface area contributed by atoms with E-state index in [2.05, 4.69) is 64.3 Å². The summed E-state index contributed by atoms with van der Waals surface area (Å²) in [6.07, 6.45) is 9.59. The molecule has 4 N–H and O–H groups in total. The van der Waals surface area contributed by atoms with Gasteiger partial charge in [0, 0.05) is 75.6 Å². The maximum Gasteiger partial charge on any atom is 0.249 e. The lowest BCUT2D eigenvalue weighted by Crippen LogP contribution is -2.55. The average molecular weight is 786 g/mol. The van der Waals surface area contributed by atoms with Gasteiger partial charge in [0.05, 0.1) is 23.6 Å². The largest absolute Gasteiger partial charge is 0.507 e. The van der Waals surface area contributed by atoms with Crippen LogP contribution < -0.4 is 35.4 Å². The Balaban J connectivity index is 0.739. The summed E-state index contributed by atoms with van der Waals surface area (Å²) in [6, 6.07) is 18.5. The molecule has 0 spiro atoms. The number of ether oxygens (including phenoxy) is 1. The Bertz CT molecular complexity index is 2180. The van der Waals surface area contributed by atoms with Crippen LogP contribution in [0.4, 0.5) is 29.0 Å². The van der Waals surface area contributed by atoms with Crippen LogP contribution in [-0.4, -0.2) is 119 Å². The van der Waals surface area contributed by atoms with Crippen molar-refractivity contribution >= 4 is 40.8 Å². The molecule has 0 unspecified atom stereocenters. The number of hydrogen-bond donors (Lipinski definition) is 3. The number of nitrogens with one attached hydrogen (secondary N) is 1. The van der Waals surface area contributed by atoms with E-state index in [0.29, 0.717) is 55.0 Å². The number of nitrogens with zero attached hydrogens (tertiary/aromatic N) is 9. The number of fused-ring (bicyclic) bond motifs is 3. The molecule has 15 heteroatoms. The van der Waals surface area contributed by atoms with E-state index in [1.54, 1.807) is 12.1 Å². The summed E-state index contributed by atoms with van der Waals surface area (Å²) in [7, 11) is 0. The zero-order chi connectivity index (χ0) is 39.3. The predicted molar refractivity (Wildman–Crippen MR) is 221 cm³/mol. The second-order valence-corrected chi connectivity index (χ2v) is 16.7. The number of nitrogen functional groups attached to an aromatic ring is 1. The van der Waals surface area contributed by atoms with Crippen LogP contribution in [0.2, 0.25) is 0 Å². The summed E-state index contributed by atoms with van der Waals surface area (Å²) in [6.45, 7) is 6.66. The number of anilines is 5. The molecule has 3 atom stereocenters. The number of para-hydroxylation sites is 1. The van der Waals surface area contributed by atoms with E-state index in [1.165, 1.54) is 18.4 Å². The summed E-state index contributed by atoms with van der Waals surface area (Å²) < 4.78 is 6.11. The number of phenolic OH excluding ortho intramolecular Hbond substituents is 1. The molecule has 10 rings (SSSR count). The minimum atomic E-state index is -0.333. The van der Waals surface area contributed by atoms with E-state index >= 15 is 0 Å². The predicted octanol–water partition coefficient (Wildman–Crippen LogP) is 3.93. The summed E-state index contributed by atoms with van der Waals surface area (Å²) in [5.74, 6) is 3.31. The highest BCUT2D eigenvalue weighted by Crippen LogP contribution is 2.42. The molecule has 5 fully saturated rings. The molecule has 2 amide bonds. The van der Waals surface area contributed by atoms with Gasteiger partial charge < -0.3 is 35.2 Å². The van der Waals surface area contributed by atoms with Gasteiger partial charge in [-0.15, -0.1) is 10.2 Å². The van der Waals surface area contributed by atoms with E-state index in [0.717, 1.165) is 93.8 Å². The Labute approximate surface area is 338 Å². The van der Waals surface area contributed by atoms with Crippen LogP contribution in [0.5, 0.6) is 11.5 Å². The summed E-state index contributed by atoms with van der Waals surface area (Å²) >= 11 is 0. The van der Waals surface area contributed by atoms with Crippen molar-refractivity contribution < 1.29 is 19.4 Å². The van der Waals surface area contributed by atoms with Gasteiger partial charge in [-0.25, -0.2) is 4.98 Å². The van der Waals surface area contributed by atoms with Crippen LogP contribution in [0.1, 0.15) is 62.8 Å². The molecule has 6 aliphatic rings. The van der Waals surface area contributed by atoms with Crippen LogP contribution in [0, 0.1) is 0 Å². The van der Waals surface area contributed by atoms with Crippen molar-refractivity contribution in [3.05, 3.63) is 66.4 Å². The number of rotatable bonds is 7. The fourth-order valence-corrected chi connectivity index (χ4v) is 10.4. The molecule has 4 aromatic rings. The average Bonchev–Trinajstić information content (AvgIpc) is 3.52. The van der Waals surface area contributed by atoms with Crippen molar-refractivity contribution in [3.8, 4) is 22.8 Å². The number of aromatic hydroxyl groups is 1. The number of nitrogens with two attached hydrogens (primary N) is 1.